The first kappa shape index (κ1) is 12.8. The number of halogens is 1. The summed E-state index contributed by atoms with van der Waals surface area (Å²) in [6.07, 6.45) is 2.89. The zero-order valence-electron chi connectivity index (χ0n) is 11.7. The lowest BCUT2D eigenvalue weighted by molar-refractivity contribution is 0.821. The van der Waals surface area contributed by atoms with Crippen LogP contribution < -0.4 is 5.32 Å². The largest absolute Gasteiger partial charge is 0.369 e. The molecule has 5 heteroatoms. The standard InChI is InChI=1S/C16H15ClN4/c1-9-4-5-18-15(20-9)12-7-13(12)16-19-8-10-2-3-11(17)6-14(10)21-16/h2-6,12-13H,7-8H2,1H3,(H,19,21)/t12-,13-/m0/s1. The Bertz CT molecular complexity index is 741. The monoisotopic (exact) mass is 298 g/mol. The lowest BCUT2D eigenvalue weighted by Gasteiger charge is -2.18. The summed E-state index contributed by atoms with van der Waals surface area (Å²) < 4.78 is 0. The van der Waals surface area contributed by atoms with Crippen molar-refractivity contribution >= 4 is 23.1 Å². The second-order valence-corrected chi connectivity index (χ2v) is 6.06. The highest BCUT2D eigenvalue weighted by molar-refractivity contribution is 6.30. The molecule has 2 aliphatic rings. The molecule has 4 rings (SSSR count). The maximum Gasteiger partial charge on any atom is 0.132 e. The van der Waals surface area contributed by atoms with Crippen LogP contribution in [0.2, 0.25) is 5.02 Å². The number of fused-ring (bicyclic) bond motifs is 1. The van der Waals surface area contributed by atoms with E-state index in [-0.39, 0.29) is 0 Å². The Morgan fingerprint density at radius 2 is 2.14 bits per heavy atom. The third-order valence-corrected chi connectivity index (χ3v) is 4.27. The van der Waals surface area contributed by atoms with Gasteiger partial charge in [0.15, 0.2) is 0 Å². The van der Waals surface area contributed by atoms with Crippen LogP contribution in [0.5, 0.6) is 0 Å². The van der Waals surface area contributed by atoms with E-state index < -0.39 is 0 Å². The van der Waals surface area contributed by atoms with Crippen LogP contribution in [0, 0.1) is 12.8 Å². The van der Waals surface area contributed by atoms with E-state index in [4.69, 9.17) is 16.6 Å². The Labute approximate surface area is 128 Å². The van der Waals surface area contributed by atoms with Crippen molar-refractivity contribution in [2.75, 3.05) is 0 Å². The molecule has 2 aromatic rings. The summed E-state index contributed by atoms with van der Waals surface area (Å²) in [6.45, 7) is 2.81. The van der Waals surface area contributed by atoms with E-state index >= 15 is 0 Å². The molecular formula is C16H15ClN4. The van der Waals surface area contributed by atoms with Gasteiger partial charge in [-0.1, -0.05) is 17.7 Å². The average molecular weight is 299 g/mol. The van der Waals surface area contributed by atoms with Crippen LogP contribution in [0.1, 0.15) is 29.4 Å². The molecule has 106 valence electrons. The third-order valence-electron chi connectivity index (χ3n) is 4.03. The van der Waals surface area contributed by atoms with Gasteiger partial charge in [0, 0.05) is 35.3 Å². The summed E-state index contributed by atoms with van der Waals surface area (Å²) in [7, 11) is 0. The van der Waals surface area contributed by atoms with Crippen molar-refractivity contribution in [1.29, 1.82) is 0 Å². The number of aryl methyl sites for hydroxylation is 1. The van der Waals surface area contributed by atoms with Gasteiger partial charge in [-0.15, -0.1) is 0 Å². The van der Waals surface area contributed by atoms with Crippen molar-refractivity contribution in [3.63, 3.8) is 0 Å². The summed E-state index contributed by atoms with van der Waals surface area (Å²) in [4.78, 5) is 13.6. The number of nitrogens with zero attached hydrogens (tertiary/aromatic N) is 3. The first-order chi connectivity index (χ1) is 10.2. The Balaban J connectivity index is 1.59. The minimum absolute atomic E-state index is 0.386. The number of nitrogens with one attached hydrogen (secondary N) is 1. The third kappa shape index (κ3) is 2.40. The second-order valence-electron chi connectivity index (χ2n) is 5.63. The first-order valence-corrected chi connectivity index (χ1v) is 7.49. The summed E-state index contributed by atoms with van der Waals surface area (Å²) in [6, 6.07) is 7.79. The Hall–Kier alpha value is -1.94. The molecule has 2 atom stereocenters. The highest BCUT2D eigenvalue weighted by atomic mass is 35.5. The molecule has 0 unspecified atom stereocenters. The molecule has 0 radical (unpaired) electrons. The predicted octanol–water partition coefficient (Wildman–Crippen LogP) is 3.38. The fourth-order valence-electron chi connectivity index (χ4n) is 2.79. The number of amidine groups is 1. The van der Waals surface area contributed by atoms with E-state index in [1.165, 1.54) is 5.56 Å². The van der Waals surface area contributed by atoms with Crippen LogP contribution in [-0.2, 0) is 6.54 Å². The van der Waals surface area contributed by atoms with Gasteiger partial charge in [0.2, 0.25) is 0 Å². The van der Waals surface area contributed by atoms with Crippen molar-refractivity contribution in [3.8, 4) is 0 Å². The average Bonchev–Trinajstić information content (AvgIpc) is 3.27. The molecule has 1 aromatic heterocycles. The van der Waals surface area contributed by atoms with Gasteiger partial charge in [0.25, 0.3) is 0 Å². The quantitative estimate of drug-likeness (QED) is 0.925. The van der Waals surface area contributed by atoms with E-state index in [9.17, 15) is 0 Å². The molecule has 1 saturated carbocycles. The normalized spacial score (nSPS) is 23.0. The van der Waals surface area contributed by atoms with Crippen molar-refractivity contribution in [1.82, 2.24) is 15.3 Å². The molecule has 1 aromatic carbocycles. The fourth-order valence-corrected chi connectivity index (χ4v) is 2.96. The lowest BCUT2D eigenvalue weighted by Crippen LogP contribution is -2.28. The number of benzene rings is 1. The molecule has 2 heterocycles. The van der Waals surface area contributed by atoms with E-state index in [0.717, 1.165) is 41.0 Å². The maximum absolute atomic E-state index is 6.05. The molecule has 0 bridgehead atoms. The van der Waals surface area contributed by atoms with Gasteiger partial charge in [-0.05, 0) is 37.1 Å². The van der Waals surface area contributed by atoms with Gasteiger partial charge in [-0.2, -0.15) is 0 Å². The number of aromatic nitrogens is 2. The molecule has 0 amide bonds. The van der Waals surface area contributed by atoms with E-state index in [0.29, 0.717) is 11.8 Å². The van der Waals surface area contributed by atoms with E-state index in [2.05, 4.69) is 15.3 Å². The van der Waals surface area contributed by atoms with Gasteiger partial charge >= 0.3 is 0 Å². The van der Waals surface area contributed by atoms with Crippen LogP contribution in [-0.4, -0.2) is 15.8 Å². The molecule has 1 fully saturated rings. The molecule has 1 N–H and O–H groups in total. The summed E-state index contributed by atoms with van der Waals surface area (Å²) in [5.41, 5.74) is 3.18. The number of hydrogen-bond acceptors (Lipinski definition) is 4. The molecule has 1 aliphatic heterocycles. The SMILES string of the molecule is Cc1ccnc([C@H]2C[C@@H]2C2=Nc3cc(Cl)ccc3CN2)n1. The van der Waals surface area contributed by atoms with Gasteiger partial charge in [0.05, 0.1) is 5.69 Å². The number of rotatable bonds is 2. The molecule has 21 heavy (non-hydrogen) atoms. The van der Waals surface area contributed by atoms with E-state index in [1.54, 1.807) is 0 Å². The second kappa shape index (κ2) is 4.81. The summed E-state index contributed by atoms with van der Waals surface area (Å²) >= 11 is 6.05. The fraction of sp³-hybridized carbons (Fsp3) is 0.312. The van der Waals surface area contributed by atoms with Crippen molar-refractivity contribution in [2.45, 2.75) is 25.8 Å². The van der Waals surface area contributed by atoms with Crippen molar-refractivity contribution < 1.29 is 0 Å². The minimum atomic E-state index is 0.386. The van der Waals surface area contributed by atoms with Crippen LogP contribution in [0.4, 0.5) is 5.69 Å². The highest BCUT2D eigenvalue weighted by Crippen LogP contribution is 2.47. The van der Waals surface area contributed by atoms with Crippen LogP contribution in [0.3, 0.4) is 0 Å². The zero-order chi connectivity index (χ0) is 14.4. The smallest absolute Gasteiger partial charge is 0.132 e. The molecule has 0 spiro atoms. The topological polar surface area (TPSA) is 50.2 Å². The molecule has 0 saturated heterocycles. The Morgan fingerprint density at radius 3 is 3.00 bits per heavy atom. The van der Waals surface area contributed by atoms with Gasteiger partial charge in [0.1, 0.15) is 11.7 Å². The summed E-state index contributed by atoms with van der Waals surface area (Å²) in [5.74, 6) is 2.76. The first-order valence-electron chi connectivity index (χ1n) is 7.11. The molecule has 4 nitrogen and oxygen atoms in total. The van der Waals surface area contributed by atoms with Crippen LogP contribution in [0.25, 0.3) is 0 Å². The Morgan fingerprint density at radius 1 is 1.24 bits per heavy atom. The van der Waals surface area contributed by atoms with Gasteiger partial charge < -0.3 is 5.32 Å². The maximum atomic E-state index is 6.05. The van der Waals surface area contributed by atoms with Gasteiger partial charge in [-0.3, -0.25) is 0 Å². The highest BCUT2D eigenvalue weighted by Gasteiger charge is 2.45. The predicted molar refractivity (Wildman–Crippen MR) is 83.0 cm³/mol. The molecule has 1 aliphatic carbocycles. The van der Waals surface area contributed by atoms with Crippen molar-refractivity contribution in [2.24, 2.45) is 10.9 Å². The number of hydrogen-bond donors (Lipinski definition) is 1. The minimum Gasteiger partial charge on any atom is -0.369 e. The summed E-state index contributed by atoms with van der Waals surface area (Å²) in [5, 5.41) is 4.15. The van der Waals surface area contributed by atoms with Crippen LogP contribution >= 0.6 is 11.6 Å². The zero-order valence-corrected chi connectivity index (χ0v) is 12.4. The lowest BCUT2D eigenvalue weighted by atomic mass is 10.1. The van der Waals surface area contributed by atoms with Crippen molar-refractivity contribution in [3.05, 3.63) is 52.6 Å². The molecular weight excluding hydrogens is 284 g/mol. The van der Waals surface area contributed by atoms with Crippen LogP contribution in [0.15, 0.2) is 35.5 Å². The van der Waals surface area contributed by atoms with E-state index in [1.807, 2.05) is 37.4 Å². The van der Waals surface area contributed by atoms with Gasteiger partial charge in [-0.25, -0.2) is 15.0 Å². The number of aliphatic imine (C=N–C) groups is 1. The Kier molecular flexibility index (Phi) is 2.93.